The fourth-order valence-corrected chi connectivity index (χ4v) is 4.78. The van der Waals surface area contributed by atoms with Gasteiger partial charge in [-0.15, -0.1) is 0 Å². The van der Waals surface area contributed by atoms with Crippen LogP contribution in [0.3, 0.4) is 0 Å². The highest BCUT2D eigenvalue weighted by Crippen LogP contribution is 2.42. The zero-order valence-electron chi connectivity index (χ0n) is 18.0. The quantitative estimate of drug-likeness (QED) is 0.299. The molecule has 30 heavy (non-hydrogen) atoms. The zero-order valence-corrected chi connectivity index (χ0v) is 21.1. The minimum Gasteiger partial charge on any atom is -0.481 e. The van der Waals surface area contributed by atoms with E-state index < -0.39 is 0 Å². The average Bonchev–Trinajstić information content (AvgIpc) is 3.12. The number of hydrogen-bond acceptors (Lipinski definition) is 4. The van der Waals surface area contributed by atoms with E-state index in [-0.39, 0.29) is 23.3 Å². The summed E-state index contributed by atoms with van der Waals surface area (Å²) in [5.74, 6) is 0.940. The molecule has 1 N–H and O–H groups in total. The molecule has 1 aromatic heterocycles. The summed E-state index contributed by atoms with van der Waals surface area (Å²) in [6.07, 6.45) is 7.50. The van der Waals surface area contributed by atoms with Crippen LogP contribution in [0.5, 0.6) is 5.75 Å². The molecule has 0 unspecified atom stereocenters. The van der Waals surface area contributed by atoms with Crippen LogP contribution < -0.4 is 10.2 Å². The number of ether oxygens (including phenoxy) is 1. The molecule has 0 bridgehead atoms. The first-order chi connectivity index (χ1) is 14.0. The molecule has 0 aliphatic heterocycles. The van der Waals surface area contributed by atoms with Crippen LogP contribution in [0.25, 0.3) is 6.08 Å². The third-order valence-electron chi connectivity index (χ3n) is 4.25. The number of nitrogens with zero attached hydrogens (tertiary/aromatic N) is 1. The number of benzene rings is 1. The van der Waals surface area contributed by atoms with E-state index in [1.54, 1.807) is 24.5 Å². The Kier molecular flexibility index (Phi) is 8.50. The summed E-state index contributed by atoms with van der Waals surface area (Å²) >= 11 is 7.16. The van der Waals surface area contributed by atoms with Crippen molar-refractivity contribution in [3.63, 3.8) is 0 Å². The molecule has 2 rings (SSSR count). The summed E-state index contributed by atoms with van der Waals surface area (Å²) in [7, 11) is 0. The van der Waals surface area contributed by atoms with E-state index in [4.69, 9.17) is 9.15 Å². The van der Waals surface area contributed by atoms with Gasteiger partial charge in [0, 0.05) is 6.21 Å². The molecule has 0 radical (unpaired) electrons. The fourth-order valence-electron chi connectivity index (χ4n) is 3.36. The van der Waals surface area contributed by atoms with Crippen LogP contribution in [0.2, 0.25) is 0 Å². The Bertz CT molecular complexity index is 888. The monoisotopic (exact) mass is 538 g/mol. The van der Waals surface area contributed by atoms with Crippen molar-refractivity contribution < 1.29 is 13.9 Å². The van der Waals surface area contributed by atoms with Gasteiger partial charge in [-0.1, -0.05) is 34.6 Å². The van der Waals surface area contributed by atoms with Crippen LogP contribution in [-0.4, -0.2) is 18.7 Å². The van der Waals surface area contributed by atoms with E-state index in [1.165, 1.54) is 11.8 Å². The molecule has 0 saturated heterocycles. The number of halogens is 2. The van der Waals surface area contributed by atoms with E-state index in [0.29, 0.717) is 11.5 Å². The van der Waals surface area contributed by atoms with E-state index in [2.05, 4.69) is 89.1 Å². The summed E-state index contributed by atoms with van der Waals surface area (Å²) in [6.45, 7) is 11.0. The van der Waals surface area contributed by atoms with Crippen LogP contribution in [0.4, 0.5) is 0 Å². The van der Waals surface area contributed by atoms with Crippen LogP contribution in [0, 0.1) is 5.41 Å². The Morgan fingerprint density at radius 2 is 1.87 bits per heavy atom. The molecule has 0 spiro atoms. The van der Waals surface area contributed by atoms with Crippen molar-refractivity contribution in [1.29, 1.82) is 0 Å². The molecule has 0 aliphatic carbocycles. The lowest BCUT2D eigenvalue weighted by Gasteiger charge is -2.33. The molecule has 0 fully saturated rings. The first-order valence-electron chi connectivity index (χ1n) is 9.62. The first kappa shape index (κ1) is 24.4. The predicted molar refractivity (Wildman–Crippen MR) is 129 cm³/mol. The molecular formula is C23H28Br2N2O3. The van der Waals surface area contributed by atoms with Crippen molar-refractivity contribution in [1.82, 2.24) is 5.43 Å². The van der Waals surface area contributed by atoms with Crippen molar-refractivity contribution in [3.8, 4) is 5.75 Å². The second kappa shape index (κ2) is 10.4. The maximum atomic E-state index is 12.0. The zero-order chi connectivity index (χ0) is 22.4. The summed E-state index contributed by atoms with van der Waals surface area (Å²) in [5, 5.41) is 3.85. The lowest BCUT2D eigenvalue weighted by molar-refractivity contribution is -0.123. The van der Waals surface area contributed by atoms with Crippen LogP contribution in [-0.2, 0) is 10.2 Å². The van der Waals surface area contributed by atoms with Crippen LogP contribution >= 0.6 is 31.9 Å². The molecule has 7 heteroatoms. The number of hydrazone groups is 1. The second-order valence-electron chi connectivity index (χ2n) is 8.87. The highest BCUT2D eigenvalue weighted by molar-refractivity contribution is 9.11. The van der Waals surface area contributed by atoms with Gasteiger partial charge < -0.3 is 9.15 Å². The largest absolute Gasteiger partial charge is 0.481 e. The van der Waals surface area contributed by atoms with Gasteiger partial charge in [0.25, 0.3) is 5.91 Å². The third-order valence-corrected chi connectivity index (χ3v) is 5.43. The molecule has 1 heterocycles. The van der Waals surface area contributed by atoms with Crippen molar-refractivity contribution >= 4 is 50.1 Å². The molecule has 0 saturated carbocycles. The highest BCUT2D eigenvalue weighted by Gasteiger charge is 2.28. The lowest BCUT2D eigenvalue weighted by Crippen LogP contribution is -2.25. The van der Waals surface area contributed by atoms with Crippen LogP contribution in [0.15, 0.2) is 55.1 Å². The van der Waals surface area contributed by atoms with Gasteiger partial charge in [-0.2, -0.15) is 5.10 Å². The van der Waals surface area contributed by atoms with Gasteiger partial charge >= 0.3 is 0 Å². The van der Waals surface area contributed by atoms with E-state index in [9.17, 15) is 4.79 Å². The van der Waals surface area contributed by atoms with E-state index in [0.717, 1.165) is 15.4 Å². The summed E-state index contributed by atoms with van der Waals surface area (Å²) in [6, 6.07) is 7.73. The van der Waals surface area contributed by atoms with Gasteiger partial charge in [0.15, 0.2) is 6.61 Å². The maximum absolute atomic E-state index is 12.0. The number of hydrogen-bond donors (Lipinski definition) is 1. The minimum absolute atomic E-state index is 0.00290. The number of allylic oxidation sites excluding steroid dienone is 1. The Balaban J connectivity index is 1.94. The molecule has 5 nitrogen and oxygen atoms in total. The SMILES string of the molecule is CC(C)(C)CC(C)(C)c1cc(Br)c(OCC(=O)NN=CC=Cc2ccco2)c(Br)c1. The fraction of sp³-hybridized carbons (Fsp3) is 0.391. The molecule has 1 aromatic carbocycles. The Morgan fingerprint density at radius 3 is 2.43 bits per heavy atom. The molecule has 2 aromatic rings. The number of carbonyl (C=O) groups excluding carboxylic acids is 1. The normalized spacial score (nSPS) is 12.6. The van der Waals surface area contributed by atoms with Crippen molar-refractivity contribution in [2.45, 2.75) is 46.5 Å². The molecule has 0 atom stereocenters. The minimum atomic E-state index is -0.353. The van der Waals surface area contributed by atoms with Crippen molar-refractivity contribution in [2.75, 3.05) is 6.61 Å². The van der Waals surface area contributed by atoms with E-state index >= 15 is 0 Å². The number of furan rings is 1. The van der Waals surface area contributed by atoms with Gasteiger partial charge in [0.05, 0.1) is 15.2 Å². The molecule has 0 aliphatic rings. The number of amides is 1. The summed E-state index contributed by atoms with van der Waals surface area (Å²) in [4.78, 5) is 12.0. The predicted octanol–water partition coefficient (Wildman–Crippen LogP) is 6.71. The number of carbonyl (C=O) groups is 1. The van der Waals surface area contributed by atoms with Gasteiger partial charge in [0.1, 0.15) is 11.5 Å². The first-order valence-corrected chi connectivity index (χ1v) is 11.2. The number of rotatable bonds is 8. The molecular weight excluding hydrogens is 512 g/mol. The topological polar surface area (TPSA) is 63.8 Å². The van der Waals surface area contributed by atoms with Gasteiger partial charge in [-0.25, -0.2) is 5.43 Å². The Labute approximate surface area is 195 Å². The summed E-state index contributed by atoms with van der Waals surface area (Å²) in [5.41, 5.74) is 3.83. The standard InChI is InChI=1S/C23H28Br2N2O3/c1-22(2,3)15-23(4,5)16-12-18(24)21(19(25)13-16)30-14-20(28)27-26-10-6-8-17-9-7-11-29-17/h6-13H,14-15H2,1-5H3,(H,27,28). The Hall–Kier alpha value is -1.86. The van der Waals surface area contributed by atoms with Crippen molar-refractivity contribution in [2.24, 2.45) is 10.5 Å². The Morgan fingerprint density at radius 1 is 1.20 bits per heavy atom. The maximum Gasteiger partial charge on any atom is 0.277 e. The molecule has 162 valence electrons. The second-order valence-corrected chi connectivity index (χ2v) is 10.6. The highest BCUT2D eigenvalue weighted by atomic mass is 79.9. The molecule has 1 amide bonds. The van der Waals surface area contributed by atoms with Gasteiger partial charge in [-0.05, 0) is 91.1 Å². The third kappa shape index (κ3) is 7.76. The van der Waals surface area contributed by atoms with Gasteiger partial charge in [0.2, 0.25) is 0 Å². The smallest absolute Gasteiger partial charge is 0.277 e. The van der Waals surface area contributed by atoms with Crippen LogP contribution in [0.1, 0.15) is 52.4 Å². The van der Waals surface area contributed by atoms with Gasteiger partial charge in [-0.3, -0.25) is 4.79 Å². The van der Waals surface area contributed by atoms with Crippen molar-refractivity contribution in [3.05, 3.63) is 56.9 Å². The van der Waals surface area contributed by atoms with E-state index in [1.807, 2.05) is 6.07 Å². The number of nitrogens with one attached hydrogen (secondary N) is 1. The average molecular weight is 540 g/mol. The lowest BCUT2D eigenvalue weighted by atomic mass is 9.72. The summed E-state index contributed by atoms with van der Waals surface area (Å²) < 4.78 is 12.5.